The molecular formula is C28H26N6O4S. The molecule has 1 aliphatic heterocycles. The molecule has 3 aromatic heterocycles. The zero-order chi connectivity index (χ0) is 26.9. The normalized spacial score (nSPS) is 17.5. The van der Waals surface area contributed by atoms with Crippen LogP contribution in [0, 0.1) is 17.2 Å². The van der Waals surface area contributed by atoms with Crippen molar-refractivity contribution in [3.63, 3.8) is 0 Å². The summed E-state index contributed by atoms with van der Waals surface area (Å²) in [5.41, 5.74) is 2.33. The summed E-state index contributed by atoms with van der Waals surface area (Å²) in [5, 5.41) is 22.2. The number of anilines is 1. The maximum atomic E-state index is 13.3. The summed E-state index contributed by atoms with van der Waals surface area (Å²) >= 11 is 1.28. The van der Waals surface area contributed by atoms with Crippen LogP contribution >= 0.6 is 11.3 Å². The van der Waals surface area contributed by atoms with Gasteiger partial charge in [-0.1, -0.05) is 12.1 Å². The fourth-order valence-corrected chi connectivity index (χ4v) is 5.81. The zero-order valence-corrected chi connectivity index (χ0v) is 21.9. The lowest BCUT2D eigenvalue weighted by atomic mass is 10.1. The van der Waals surface area contributed by atoms with Crippen molar-refractivity contribution in [2.45, 2.75) is 44.9 Å². The van der Waals surface area contributed by atoms with Gasteiger partial charge in [0.25, 0.3) is 11.8 Å². The number of rotatable bonds is 8. The summed E-state index contributed by atoms with van der Waals surface area (Å²) in [5.74, 6) is 0.715. The minimum Gasteiger partial charge on any atom is -0.443 e. The predicted octanol–water partition coefficient (Wildman–Crippen LogP) is 4.35. The lowest BCUT2D eigenvalue weighted by Crippen LogP contribution is -2.39. The first-order chi connectivity index (χ1) is 19.0. The molecule has 39 heavy (non-hydrogen) atoms. The van der Waals surface area contributed by atoms with Crippen molar-refractivity contribution in [2.75, 3.05) is 11.9 Å². The molecule has 2 N–H and O–H groups in total. The Morgan fingerprint density at radius 3 is 2.87 bits per heavy atom. The van der Waals surface area contributed by atoms with Crippen LogP contribution in [-0.2, 0) is 17.9 Å². The molecule has 4 heterocycles. The largest absolute Gasteiger partial charge is 0.443 e. The molecule has 4 aromatic rings. The number of nitrogens with one attached hydrogen (secondary N) is 1. The topological polar surface area (TPSA) is 137 Å². The predicted molar refractivity (Wildman–Crippen MR) is 145 cm³/mol. The molecule has 2 aliphatic rings. The van der Waals surface area contributed by atoms with Crippen LogP contribution < -0.4 is 5.32 Å². The van der Waals surface area contributed by atoms with Crippen molar-refractivity contribution in [1.29, 1.82) is 5.26 Å². The van der Waals surface area contributed by atoms with Crippen LogP contribution in [0.2, 0.25) is 0 Å². The molecule has 0 spiro atoms. The number of imidazole rings is 1. The molecule has 10 nitrogen and oxygen atoms in total. The van der Waals surface area contributed by atoms with Crippen LogP contribution in [0.3, 0.4) is 0 Å². The molecular weight excluding hydrogens is 516 g/mol. The van der Waals surface area contributed by atoms with Gasteiger partial charge in [-0.05, 0) is 61.4 Å². The Hall–Kier alpha value is -4.27. The summed E-state index contributed by atoms with van der Waals surface area (Å²) < 4.78 is 7.25. The number of oxazole rings is 1. The maximum absolute atomic E-state index is 13.3. The first-order valence-electron chi connectivity index (χ1n) is 12.9. The van der Waals surface area contributed by atoms with E-state index in [9.17, 15) is 20.0 Å². The van der Waals surface area contributed by atoms with Crippen LogP contribution in [-0.4, -0.2) is 48.9 Å². The van der Waals surface area contributed by atoms with Gasteiger partial charge >= 0.3 is 0 Å². The average molecular weight is 543 g/mol. The van der Waals surface area contributed by atoms with Crippen LogP contribution in [0.4, 0.5) is 5.95 Å². The number of fused-ring (bicyclic) bond motifs is 1. The molecule has 11 heteroatoms. The van der Waals surface area contributed by atoms with Gasteiger partial charge in [-0.3, -0.25) is 14.9 Å². The van der Waals surface area contributed by atoms with E-state index < -0.39 is 0 Å². The Kier molecular flexibility index (Phi) is 6.72. The molecule has 0 unspecified atom stereocenters. The molecule has 2 amide bonds. The summed E-state index contributed by atoms with van der Waals surface area (Å²) in [6, 6.07) is 11.0. The van der Waals surface area contributed by atoms with Gasteiger partial charge in [-0.25, -0.2) is 9.97 Å². The monoisotopic (exact) mass is 542 g/mol. The molecule has 0 radical (unpaired) electrons. The second-order valence-corrected chi connectivity index (χ2v) is 10.9. The molecule has 1 aliphatic carbocycles. The van der Waals surface area contributed by atoms with Crippen molar-refractivity contribution in [3.8, 4) is 16.7 Å². The quantitative estimate of drug-likeness (QED) is 0.249. The molecule has 6 rings (SSSR count). The standard InChI is InChI=1S/C28H26N6O4S/c29-12-19(10-17-3-4-17)27(37)33-9-1-2-20(33)14-34-22-6-5-18(15-35)11-21(22)31-28(34)32-26(36)25-8-7-24(39-25)23-13-30-16-38-23/h5-8,10-11,13,16-17,20,35H,1-4,9,14-15H2,(H,31,32,36)/t20-/m1/s1. The highest BCUT2D eigenvalue weighted by atomic mass is 32.1. The van der Waals surface area contributed by atoms with E-state index >= 15 is 0 Å². The lowest BCUT2D eigenvalue weighted by Gasteiger charge is -2.26. The van der Waals surface area contributed by atoms with Crippen molar-refractivity contribution in [2.24, 2.45) is 5.92 Å². The minimum absolute atomic E-state index is 0.126. The van der Waals surface area contributed by atoms with Crippen LogP contribution in [0.1, 0.15) is 40.9 Å². The molecule has 198 valence electrons. The Morgan fingerprint density at radius 2 is 2.13 bits per heavy atom. The number of carbonyl (C=O) groups excluding carboxylic acids is 2. The smallest absolute Gasteiger partial charge is 0.268 e. The van der Waals surface area contributed by atoms with Gasteiger partial charge in [-0.15, -0.1) is 11.3 Å². The fourth-order valence-electron chi connectivity index (χ4n) is 4.96. The van der Waals surface area contributed by atoms with E-state index in [1.54, 1.807) is 35.4 Å². The van der Waals surface area contributed by atoms with E-state index in [-0.39, 0.29) is 30.0 Å². The number of benzene rings is 1. The van der Waals surface area contributed by atoms with Gasteiger partial charge < -0.3 is 19.0 Å². The number of aliphatic hydroxyl groups is 1. The molecule has 2 fully saturated rings. The Bertz CT molecular complexity index is 1610. The van der Waals surface area contributed by atoms with Crippen molar-refractivity contribution in [3.05, 3.63) is 65.0 Å². The Balaban J connectivity index is 1.29. The fraction of sp³-hybridized carbons (Fsp3) is 0.321. The highest BCUT2D eigenvalue weighted by molar-refractivity contribution is 7.17. The van der Waals surface area contributed by atoms with E-state index in [0.29, 0.717) is 46.7 Å². The third kappa shape index (κ3) is 5.08. The van der Waals surface area contributed by atoms with E-state index in [0.717, 1.165) is 36.1 Å². The maximum Gasteiger partial charge on any atom is 0.268 e. The third-order valence-electron chi connectivity index (χ3n) is 7.13. The number of aromatic nitrogens is 3. The van der Waals surface area contributed by atoms with Crippen LogP contribution in [0.15, 0.2) is 59.0 Å². The van der Waals surface area contributed by atoms with Crippen molar-refractivity contribution >= 4 is 40.1 Å². The van der Waals surface area contributed by atoms with Gasteiger partial charge in [-0.2, -0.15) is 5.26 Å². The number of nitrogens with zero attached hydrogens (tertiary/aromatic N) is 5. The van der Waals surface area contributed by atoms with Gasteiger partial charge in [0.15, 0.2) is 12.2 Å². The summed E-state index contributed by atoms with van der Waals surface area (Å²) in [4.78, 5) is 38.2. The van der Waals surface area contributed by atoms with E-state index in [4.69, 9.17) is 4.42 Å². The number of aliphatic hydroxyl groups excluding tert-OH is 1. The Labute approximate surface area is 228 Å². The second-order valence-electron chi connectivity index (χ2n) is 9.84. The first kappa shape index (κ1) is 25.0. The highest BCUT2D eigenvalue weighted by Crippen LogP contribution is 2.33. The van der Waals surface area contributed by atoms with Gasteiger partial charge in [0.2, 0.25) is 5.95 Å². The SMILES string of the molecule is N#CC(=CC1CC1)C(=O)N1CCC[C@@H]1Cn1c(NC(=O)c2ccc(-c3cnco3)s2)nc2cc(CO)ccc21. The second kappa shape index (κ2) is 10.5. The number of hydrogen-bond acceptors (Lipinski definition) is 8. The van der Waals surface area contributed by atoms with E-state index in [2.05, 4.69) is 21.4 Å². The number of carbonyl (C=O) groups is 2. The number of likely N-dealkylation sites (tertiary alicyclic amines) is 1. The lowest BCUT2D eigenvalue weighted by molar-refractivity contribution is -0.127. The van der Waals surface area contributed by atoms with Crippen LogP contribution in [0.5, 0.6) is 0 Å². The molecule has 1 atom stereocenters. The zero-order valence-electron chi connectivity index (χ0n) is 21.0. The molecule has 1 saturated carbocycles. The number of amides is 2. The number of nitriles is 1. The molecule has 1 aromatic carbocycles. The van der Waals surface area contributed by atoms with Gasteiger partial charge in [0, 0.05) is 13.1 Å². The van der Waals surface area contributed by atoms with E-state index in [1.165, 1.54) is 17.7 Å². The molecule has 0 bridgehead atoms. The van der Waals surface area contributed by atoms with Gasteiger partial charge in [0.1, 0.15) is 11.6 Å². The van der Waals surface area contributed by atoms with Crippen molar-refractivity contribution in [1.82, 2.24) is 19.4 Å². The third-order valence-corrected chi connectivity index (χ3v) is 8.23. The van der Waals surface area contributed by atoms with Gasteiger partial charge in [0.05, 0.1) is 39.6 Å². The summed E-state index contributed by atoms with van der Waals surface area (Å²) in [6.07, 6.45) is 8.40. The molecule has 1 saturated heterocycles. The van der Waals surface area contributed by atoms with E-state index in [1.807, 2.05) is 16.7 Å². The minimum atomic E-state index is -0.316. The van der Waals surface area contributed by atoms with Crippen molar-refractivity contribution < 1.29 is 19.1 Å². The summed E-state index contributed by atoms with van der Waals surface area (Å²) in [6.45, 7) is 0.862. The average Bonchev–Trinajstić information content (AvgIpc) is 3.41. The Morgan fingerprint density at radius 1 is 1.26 bits per heavy atom. The van der Waals surface area contributed by atoms with Crippen LogP contribution in [0.25, 0.3) is 21.7 Å². The number of hydrogen-bond donors (Lipinski definition) is 2. The summed E-state index contributed by atoms with van der Waals surface area (Å²) in [7, 11) is 0. The highest BCUT2D eigenvalue weighted by Gasteiger charge is 2.33. The number of thiophene rings is 1. The number of allylic oxidation sites excluding steroid dienone is 1. The first-order valence-corrected chi connectivity index (χ1v) is 13.7.